The Kier molecular flexibility index (Phi) is 3.75. The van der Waals surface area contributed by atoms with E-state index < -0.39 is 0 Å². The van der Waals surface area contributed by atoms with Gasteiger partial charge in [-0.1, -0.05) is 0 Å². The van der Waals surface area contributed by atoms with Gasteiger partial charge in [0.1, 0.15) is 17.0 Å². The molecule has 2 aromatic rings. The third-order valence-corrected chi connectivity index (χ3v) is 5.35. The van der Waals surface area contributed by atoms with Crippen molar-refractivity contribution in [3.63, 3.8) is 0 Å². The summed E-state index contributed by atoms with van der Waals surface area (Å²) in [4.78, 5) is 12.4. The first kappa shape index (κ1) is 13.4. The Morgan fingerprint density at radius 2 is 2.14 bits per heavy atom. The highest BCUT2D eigenvalue weighted by molar-refractivity contribution is 7.16. The van der Waals surface area contributed by atoms with Crippen LogP contribution in [0.4, 0.5) is 5.82 Å². The van der Waals surface area contributed by atoms with Crippen LogP contribution in [0, 0.1) is 0 Å². The van der Waals surface area contributed by atoms with Gasteiger partial charge in [-0.2, -0.15) is 0 Å². The van der Waals surface area contributed by atoms with Crippen molar-refractivity contribution in [2.24, 2.45) is 0 Å². The van der Waals surface area contributed by atoms with Gasteiger partial charge in [0, 0.05) is 38.4 Å². The fourth-order valence-corrected chi connectivity index (χ4v) is 4.12. The minimum Gasteiger partial charge on any atom is -0.381 e. The molecule has 6 heteroatoms. The summed E-state index contributed by atoms with van der Waals surface area (Å²) in [6.45, 7) is 4.13. The van der Waals surface area contributed by atoms with Crippen LogP contribution in [-0.2, 0) is 4.74 Å². The fraction of sp³-hybridized carbons (Fsp3) is 0.600. The minimum atomic E-state index is 0.492. The van der Waals surface area contributed by atoms with Crippen molar-refractivity contribution in [1.82, 2.24) is 14.9 Å². The van der Waals surface area contributed by atoms with Gasteiger partial charge in [-0.15, -0.1) is 11.3 Å². The number of nitrogens with zero attached hydrogens (tertiary/aromatic N) is 3. The molecule has 0 saturated carbocycles. The normalized spacial score (nSPS) is 24.7. The maximum absolute atomic E-state index is 5.46. The second-order valence-corrected chi connectivity index (χ2v) is 6.72. The average molecular weight is 304 g/mol. The van der Waals surface area contributed by atoms with Gasteiger partial charge in [-0.25, -0.2) is 9.97 Å². The van der Waals surface area contributed by atoms with Crippen molar-refractivity contribution in [2.75, 3.05) is 31.6 Å². The summed E-state index contributed by atoms with van der Waals surface area (Å²) in [5.41, 5.74) is 0. The Labute approximate surface area is 128 Å². The lowest BCUT2D eigenvalue weighted by Gasteiger charge is -2.31. The van der Waals surface area contributed by atoms with E-state index in [1.54, 1.807) is 17.7 Å². The van der Waals surface area contributed by atoms with Crippen molar-refractivity contribution in [3.05, 3.63) is 17.8 Å². The lowest BCUT2D eigenvalue weighted by atomic mass is 10.1. The van der Waals surface area contributed by atoms with Crippen LogP contribution in [0.25, 0.3) is 10.2 Å². The van der Waals surface area contributed by atoms with Gasteiger partial charge in [-0.05, 0) is 30.7 Å². The van der Waals surface area contributed by atoms with Crippen LogP contribution in [0.2, 0.25) is 0 Å². The molecule has 2 aliphatic heterocycles. The highest BCUT2D eigenvalue weighted by Gasteiger charge is 2.29. The SMILES string of the molecule is c1nc(NC2CCN(C3CCOCC3)C2)c2ccsc2n1. The van der Waals surface area contributed by atoms with E-state index >= 15 is 0 Å². The van der Waals surface area contributed by atoms with Crippen LogP contribution in [0.5, 0.6) is 0 Å². The highest BCUT2D eigenvalue weighted by atomic mass is 32.1. The van der Waals surface area contributed by atoms with Gasteiger partial charge in [0.05, 0.1) is 5.39 Å². The molecule has 0 bridgehead atoms. The third kappa shape index (κ3) is 2.75. The van der Waals surface area contributed by atoms with Gasteiger partial charge in [-0.3, -0.25) is 4.90 Å². The number of hydrogen-bond acceptors (Lipinski definition) is 6. The van der Waals surface area contributed by atoms with Gasteiger partial charge in [0.2, 0.25) is 0 Å². The van der Waals surface area contributed by atoms with Crippen LogP contribution < -0.4 is 5.32 Å². The number of nitrogens with one attached hydrogen (secondary N) is 1. The van der Waals surface area contributed by atoms with Gasteiger partial charge < -0.3 is 10.1 Å². The zero-order valence-electron chi connectivity index (χ0n) is 12.0. The predicted octanol–water partition coefficient (Wildman–Crippen LogP) is 2.36. The molecule has 1 N–H and O–H groups in total. The monoisotopic (exact) mass is 304 g/mol. The average Bonchev–Trinajstić information content (AvgIpc) is 3.17. The Morgan fingerprint density at radius 3 is 3.05 bits per heavy atom. The molecular formula is C15H20N4OS. The van der Waals surface area contributed by atoms with E-state index in [1.807, 2.05) is 0 Å². The molecule has 2 saturated heterocycles. The molecule has 2 aromatic heterocycles. The lowest BCUT2D eigenvalue weighted by molar-refractivity contribution is 0.0421. The summed E-state index contributed by atoms with van der Waals surface area (Å²) in [6, 6.07) is 3.30. The Balaban J connectivity index is 1.43. The molecule has 21 heavy (non-hydrogen) atoms. The topological polar surface area (TPSA) is 50.3 Å². The van der Waals surface area contributed by atoms with Crippen molar-refractivity contribution in [1.29, 1.82) is 0 Å². The highest BCUT2D eigenvalue weighted by Crippen LogP contribution is 2.27. The second kappa shape index (κ2) is 5.87. The Bertz CT molecular complexity index is 610. The molecule has 4 heterocycles. The second-order valence-electron chi connectivity index (χ2n) is 5.83. The zero-order valence-corrected chi connectivity index (χ0v) is 12.8. The summed E-state index contributed by atoms with van der Waals surface area (Å²) >= 11 is 1.67. The maximum Gasteiger partial charge on any atom is 0.138 e. The summed E-state index contributed by atoms with van der Waals surface area (Å²) < 4.78 is 5.46. The smallest absolute Gasteiger partial charge is 0.138 e. The molecule has 0 aromatic carbocycles. The van der Waals surface area contributed by atoms with E-state index in [1.165, 1.54) is 25.8 Å². The van der Waals surface area contributed by atoms with E-state index in [0.29, 0.717) is 12.1 Å². The number of anilines is 1. The molecule has 0 aliphatic carbocycles. The van der Waals surface area contributed by atoms with Crippen LogP contribution >= 0.6 is 11.3 Å². The molecule has 2 aliphatic rings. The molecule has 1 unspecified atom stereocenters. The Morgan fingerprint density at radius 1 is 1.24 bits per heavy atom. The van der Waals surface area contributed by atoms with Crippen molar-refractivity contribution < 1.29 is 4.74 Å². The molecule has 112 valence electrons. The fourth-order valence-electron chi connectivity index (χ4n) is 3.39. The van der Waals surface area contributed by atoms with E-state index in [9.17, 15) is 0 Å². The molecule has 0 spiro atoms. The van der Waals surface area contributed by atoms with E-state index in [4.69, 9.17) is 4.74 Å². The standard InChI is InChI=1S/C15H20N4OS/c1-5-19(12-2-6-20-7-3-12)9-11(1)18-14-13-4-8-21-15(13)17-10-16-14/h4,8,10-12H,1-3,5-7,9H2,(H,16,17,18). The maximum atomic E-state index is 5.46. The van der Waals surface area contributed by atoms with E-state index in [0.717, 1.165) is 35.8 Å². The largest absolute Gasteiger partial charge is 0.381 e. The van der Waals surface area contributed by atoms with E-state index in [-0.39, 0.29) is 0 Å². The van der Waals surface area contributed by atoms with Crippen molar-refractivity contribution in [3.8, 4) is 0 Å². The zero-order chi connectivity index (χ0) is 14.1. The summed E-state index contributed by atoms with van der Waals surface area (Å²) in [7, 11) is 0. The van der Waals surface area contributed by atoms with Crippen LogP contribution in [0.15, 0.2) is 17.8 Å². The van der Waals surface area contributed by atoms with Crippen molar-refractivity contribution in [2.45, 2.75) is 31.3 Å². The van der Waals surface area contributed by atoms with E-state index in [2.05, 4.69) is 31.6 Å². The number of aromatic nitrogens is 2. The molecule has 4 rings (SSSR count). The Hall–Kier alpha value is -1.24. The van der Waals surface area contributed by atoms with Crippen LogP contribution in [0.1, 0.15) is 19.3 Å². The lowest BCUT2D eigenvalue weighted by Crippen LogP contribution is -2.39. The molecule has 5 nitrogen and oxygen atoms in total. The summed E-state index contributed by atoms with van der Waals surface area (Å²) in [5.74, 6) is 0.986. The van der Waals surface area contributed by atoms with Crippen LogP contribution in [0.3, 0.4) is 0 Å². The quantitative estimate of drug-likeness (QED) is 0.943. The summed E-state index contributed by atoms with van der Waals surface area (Å²) in [6.07, 6.45) is 5.20. The van der Waals surface area contributed by atoms with Gasteiger partial charge >= 0.3 is 0 Å². The number of hydrogen-bond donors (Lipinski definition) is 1. The first-order valence-corrected chi connectivity index (χ1v) is 8.54. The molecular weight excluding hydrogens is 284 g/mol. The van der Waals surface area contributed by atoms with Crippen molar-refractivity contribution >= 4 is 27.4 Å². The minimum absolute atomic E-state index is 0.492. The number of ether oxygens (including phenoxy) is 1. The molecule has 2 fully saturated rings. The van der Waals surface area contributed by atoms with Gasteiger partial charge in [0.25, 0.3) is 0 Å². The van der Waals surface area contributed by atoms with Crippen LogP contribution in [-0.4, -0.2) is 53.3 Å². The predicted molar refractivity (Wildman–Crippen MR) is 84.9 cm³/mol. The van der Waals surface area contributed by atoms with Gasteiger partial charge in [0.15, 0.2) is 0 Å². The number of fused-ring (bicyclic) bond motifs is 1. The number of thiophene rings is 1. The molecule has 0 radical (unpaired) electrons. The molecule has 0 amide bonds. The number of rotatable bonds is 3. The molecule has 1 atom stereocenters. The third-order valence-electron chi connectivity index (χ3n) is 4.53. The summed E-state index contributed by atoms with van der Waals surface area (Å²) in [5, 5.41) is 6.84. The first-order chi connectivity index (χ1) is 10.4. The first-order valence-electron chi connectivity index (χ1n) is 7.67. The number of likely N-dealkylation sites (tertiary alicyclic amines) is 1.